The maximum absolute atomic E-state index is 12.7. The van der Waals surface area contributed by atoms with E-state index in [9.17, 15) is 23.3 Å². The van der Waals surface area contributed by atoms with Crippen LogP contribution in [0.2, 0.25) is 0 Å². The SMILES string of the molecule is CS(=O)(=O)NC1CCN(C(=O)OC2CCc3c(sc(NC(=O)/C=C/c4cccs4)c3C#N)C2)CC1. The summed E-state index contributed by atoms with van der Waals surface area (Å²) in [5.41, 5.74) is 1.39. The second-order valence-corrected chi connectivity index (χ2v) is 12.4. The first kappa shape index (κ1) is 25.4. The fourth-order valence-electron chi connectivity index (χ4n) is 4.26. The molecule has 9 nitrogen and oxygen atoms in total. The molecule has 1 aliphatic heterocycles. The number of thiophene rings is 2. The average Bonchev–Trinajstić information content (AvgIpc) is 3.44. The molecule has 1 unspecified atom stereocenters. The van der Waals surface area contributed by atoms with E-state index in [4.69, 9.17) is 4.74 Å². The Labute approximate surface area is 212 Å². The molecule has 2 aliphatic rings. The lowest BCUT2D eigenvalue weighted by molar-refractivity contribution is -0.111. The normalized spacial score (nSPS) is 18.7. The first-order chi connectivity index (χ1) is 16.7. The zero-order valence-corrected chi connectivity index (χ0v) is 21.6. The van der Waals surface area contributed by atoms with E-state index in [2.05, 4.69) is 16.1 Å². The van der Waals surface area contributed by atoms with Crippen LogP contribution in [0.25, 0.3) is 6.08 Å². The summed E-state index contributed by atoms with van der Waals surface area (Å²) in [4.78, 5) is 28.5. The van der Waals surface area contributed by atoms with Gasteiger partial charge in [0.2, 0.25) is 15.9 Å². The second-order valence-electron chi connectivity index (χ2n) is 8.56. The molecule has 1 atom stereocenters. The van der Waals surface area contributed by atoms with Gasteiger partial charge in [-0.2, -0.15) is 5.26 Å². The van der Waals surface area contributed by atoms with Crippen LogP contribution in [-0.2, 0) is 32.4 Å². The molecule has 0 saturated carbocycles. The second kappa shape index (κ2) is 10.9. The minimum absolute atomic E-state index is 0.171. The van der Waals surface area contributed by atoms with Crippen molar-refractivity contribution in [2.45, 2.75) is 44.2 Å². The number of fused-ring (bicyclic) bond motifs is 1. The van der Waals surface area contributed by atoms with Crippen LogP contribution in [0.3, 0.4) is 0 Å². The molecule has 0 spiro atoms. The number of anilines is 1. The summed E-state index contributed by atoms with van der Waals surface area (Å²) >= 11 is 2.88. The zero-order chi connectivity index (χ0) is 25.0. The van der Waals surface area contributed by atoms with Crippen LogP contribution in [0.15, 0.2) is 23.6 Å². The lowest BCUT2D eigenvalue weighted by Gasteiger charge is -2.33. The molecule has 35 heavy (non-hydrogen) atoms. The van der Waals surface area contributed by atoms with Crippen LogP contribution < -0.4 is 10.0 Å². The van der Waals surface area contributed by atoms with Crippen molar-refractivity contribution in [2.24, 2.45) is 0 Å². The van der Waals surface area contributed by atoms with Crippen molar-refractivity contribution in [3.63, 3.8) is 0 Å². The number of hydrogen-bond acceptors (Lipinski definition) is 8. The highest BCUT2D eigenvalue weighted by molar-refractivity contribution is 7.88. The van der Waals surface area contributed by atoms with Gasteiger partial charge in [-0.05, 0) is 48.8 Å². The van der Waals surface area contributed by atoms with Crippen LogP contribution in [0.5, 0.6) is 0 Å². The van der Waals surface area contributed by atoms with Crippen molar-refractivity contribution in [1.29, 1.82) is 5.26 Å². The van der Waals surface area contributed by atoms with E-state index in [-0.39, 0.29) is 18.1 Å². The van der Waals surface area contributed by atoms with Crippen LogP contribution in [0.1, 0.15) is 40.1 Å². The van der Waals surface area contributed by atoms with Crippen LogP contribution >= 0.6 is 22.7 Å². The minimum Gasteiger partial charge on any atom is -0.446 e. The Morgan fingerprint density at radius 3 is 2.71 bits per heavy atom. The van der Waals surface area contributed by atoms with Gasteiger partial charge in [0, 0.05) is 41.4 Å². The number of rotatable bonds is 6. The van der Waals surface area contributed by atoms with Crippen molar-refractivity contribution < 1.29 is 22.7 Å². The summed E-state index contributed by atoms with van der Waals surface area (Å²) in [5.74, 6) is -0.301. The number of ether oxygens (including phenoxy) is 1. The zero-order valence-electron chi connectivity index (χ0n) is 19.2. The fourth-order valence-corrected chi connectivity index (χ4v) is 6.98. The molecule has 2 N–H and O–H groups in total. The lowest BCUT2D eigenvalue weighted by atomic mass is 9.94. The Hall–Kier alpha value is -2.72. The van der Waals surface area contributed by atoms with Crippen molar-refractivity contribution in [3.05, 3.63) is 44.5 Å². The van der Waals surface area contributed by atoms with Crippen molar-refractivity contribution in [3.8, 4) is 6.07 Å². The Bertz CT molecular complexity index is 1250. The van der Waals surface area contributed by atoms with E-state index in [0.29, 0.717) is 55.8 Å². The summed E-state index contributed by atoms with van der Waals surface area (Å²) in [6, 6.07) is 5.86. The molecule has 186 valence electrons. The highest BCUT2D eigenvalue weighted by atomic mass is 32.2. The molecule has 0 radical (unpaired) electrons. The number of nitriles is 1. The van der Waals surface area contributed by atoms with Gasteiger partial charge in [-0.1, -0.05) is 6.07 Å². The number of nitrogens with one attached hydrogen (secondary N) is 2. The van der Waals surface area contributed by atoms with Gasteiger partial charge < -0.3 is 15.0 Å². The smallest absolute Gasteiger partial charge is 0.410 e. The van der Waals surface area contributed by atoms with E-state index < -0.39 is 16.1 Å². The van der Waals surface area contributed by atoms with E-state index in [1.54, 1.807) is 11.0 Å². The maximum Gasteiger partial charge on any atom is 0.410 e. The number of carbonyl (C=O) groups is 2. The van der Waals surface area contributed by atoms with Crippen molar-refractivity contribution in [1.82, 2.24) is 9.62 Å². The molecule has 0 bridgehead atoms. The van der Waals surface area contributed by atoms with E-state index in [1.807, 2.05) is 17.5 Å². The van der Waals surface area contributed by atoms with Gasteiger partial charge in [0.25, 0.3) is 0 Å². The highest BCUT2D eigenvalue weighted by Gasteiger charge is 2.31. The van der Waals surface area contributed by atoms with Crippen LogP contribution in [0.4, 0.5) is 9.80 Å². The van der Waals surface area contributed by atoms with Gasteiger partial charge in [-0.3, -0.25) is 4.79 Å². The summed E-state index contributed by atoms with van der Waals surface area (Å²) in [7, 11) is -3.27. The van der Waals surface area contributed by atoms with E-state index >= 15 is 0 Å². The van der Waals surface area contributed by atoms with Gasteiger partial charge in [-0.25, -0.2) is 17.9 Å². The van der Waals surface area contributed by atoms with E-state index in [0.717, 1.165) is 21.6 Å². The number of hydrogen-bond donors (Lipinski definition) is 2. The largest absolute Gasteiger partial charge is 0.446 e. The third-order valence-corrected chi connectivity index (χ3v) is 8.68. The molecule has 2 amide bonds. The number of likely N-dealkylation sites (tertiary alicyclic amines) is 1. The van der Waals surface area contributed by atoms with Gasteiger partial charge in [0.05, 0.1) is 11.8 Å². The quantitative estimate of drug-likeness (QED) is 0.547. The monoisotopic (exact) mass is 534 g/mol. The topological polar surface area (TPSA) is 129 Å². The van der Waals surface area contributed by atoms with Crippen LogP contribution in [-0.4, -0.2) is 56.8 Å². The molecule has 4 rings (SSSR count). The molecular formula is C23H26N4O5S3. The molecule has 3 heterocycles. The number of piperidine rings is 1. The Morgan fingerprint density at radius 2 is 2.06 bits per heavy atom. The average molecular weight is 535 g/mol. The Kier molecular flexibility index (Phi) is 7.91. The summed E-state index contributed by atoms with van der Waals surface area (Å²) in [5, 5.41) is 15.0. The Morgan fingerprint density at radius 1 is 1.29 bits per heavy atom. The molecule has 12 heteroatoms. The fraction of sp³-hybridized carbons (Fsp3) is 0.435. The van der Waals surface area contributed by atoms with Gasteiger partial charge in [0.15, 0.2) is 0 Å². The highest BCUT2D eigenvalue weighted by Crippen LogP contribution is 2.38. The predicted octanol–water partition coefficient (Wildman–Crippen LogP) is 3.34. The molecule has 1 saturated heterocycles. The lowest BCUT2D eigenvalue weighted by Crippen LogP contribution is -2.47. The van der Waals surface area contributed by atoms with Crippen LogP contribution in [0, 0.1) is 11.3 Å². The van der Waals surface area contributed by atoms with Crippen molar-refractivity contribution in [2.75, 3.05) is 24.7 Å². The van der Waals surface area contributed by atoms with Crippen molar-refractivity contribution >= 4 is 55.8 Å². The maximum atomic E-state index is 12.7. The predicted molar refractivity (Wildman–Crippen MR) is 136 cm³/mol. The third kappa shape index (κ3) is 6.70. The molecular weight excluding hydrogens is 508 g/mol. The first-order valence-corrected chi connectivity index (χ1v) is 14.8. The minimum atomic E-state index is -3.27. The number of carbonyl (C=O) groups excluding carboxylic acids is 2. The van der Waals surface area contributed by atoms with Gasteiger partial charge in [0.1, 0.15) is 17.2 Å². The molecule has 0 aromatic carbocycles. The van der Waals surface area contributed by atoms with E-state index in [1.165, 1.54) is 28.7 Å². The number of sulfonamides is 1. The molecule has 2 aromatic rings. The van der Waals surface area contributed by atoms with Gasteiger partial charge in [-0.15, -0.1) is 22.7 Å². The van der Waals surface area contributed by atoms with Gasteiger partial charge >= 0.3 is 6.09 Å². The Balaban J connectivity index is 1.33. The first-order valence-electron chi connectivity index (χ1n) is 11.2. The molecule has 2 aromatic heterocycles. The molecule has 1 fully saturated rings. The number of amides is 2. The summed E-state index contributed by atoms with van der Waals surface area (Å²) < 4.78 is 31.1. The summed E-state index contributed by atoms with van der Waals surface area (Å²) in [6.45, 7) is 0.855. The standard InChI is InChI=1S/C23H26N4O5S3/c1-35(30,31)26-15-8-10-27(11-9-15)23(29)32-16-4-6-18-19(14-24)22(34-20(18)13-16)25-21(28)7-5-17-3-2-12-33-17/h2-3,5,7,12,15-16,26H,4,6,8-11,13H2,1H3,(H,25,28)/b7-5+. The third-order valence-electron chi connectivity index (χ3n) is 5.91. The number of nitrogens with zero attached hydrogens (tertiary/aromatic N) is 2. The molecule has 1 aliphatic carbocycles. The summed E-state index contributed by atoms with van der Waals surface area (Å²) in [6.07, 6.45) is 6.36.